The number of aryl methyl sites for hydroxylation is 2. The molecule has 5 rings (SSSR count). The number of hydrogen-bond donors (Lipinski definition) is 0. The van der Waals surface area contributed by atoms with Gasteiger partial charge in [0.1, 0.15) is 22.7 Å². The van der Waals surface area contributed by atoms with Gasteiger partial charge in [0.15, 0.2) is 0 Å². The lowest BCUT2D eigenvalue weighted by Gasteiger charge is -2.29. The van der Waals surface area contributed by atoms with E-state index in [4.69, 9.17) is 9.72 Å². The van der Waals surface area contributed by atoms with Crippen LogP contribution in [0.25, 0.3) is 27.6 Å². The normalized spacial score (nSPS) is 14.8. The topological polar surface area (TPSA) is 43.2 Å². The Morgan fingerprint density at radius 1 is 1.03 bits per heavy atom. The number of nitrogens with zero attached hydrogens (tertiary/aromatic N) is 4. The summed E-state index contributed by atoms with van der Waals surface area (Å²) in [6.45, 7) is 7.02. The molecule has 7 heteroatoms. The highest BCUT2D eigenvalue weighted by Gasteiger charge is 2.19. The predicted molar refractivity (Wildman–Crippen MR) is 117 cm³/mol. The molecule has 4 aromatic rings. The summed E-state index contributed by atoms with van der Waals surface area (Å²) in [6.07, 6.45) is 0. The third-order valence-electron chi connectivity index (χ3n) is 5.38. The molecule has 1 saturated heterocycles. The number of fused-ring (bicyclic) bond motifs is 2. The molecule has 0 radical (unpaired) electrons. The molecule has 29 heavy (non-hydrogen) atoms. The van der Waals surface area contributed by atoms with E-state index < -0.39 is 0 Å². The minimum absolute atomic E-state index is 0.315. The van der Waals surface area contributed by atoms with E-state index in [0.29, 0.717) is 5.52 Å². The number of para-hydroxylation sites is 1. The van der Waals surface area contributed by atoms with Crippen molar-refractivity contribution in [1.29, 1.82) is 0 Å². The van der Waals surface area contributed by atoms with Crippen molar-refractivity contribution >= 4 is 43.6 Å². The third kappa shape index (κ3) is 3.09. The SMILES string of the molecule is Cc1cc(-n2c(C)nc3c(Br)cc(N4CCOCC4)cc32)c2cccc(F)c2n1. The number of morpholine rings is 1. The second-order valence-electron chi connectivity index (χ2n) is 7.31. The number of ether oxygens (including phenoxy) is 1. The summed E-state index contributed by atoms with van der Waals surface area (Å²) in [7, 11) is 0. The number of hydrogen-bond acceptors (Lipinski definition) is 4. The van der Waals surface area contributed by atoms with Gasteiger partial charge in [-0.05, 0) is 54.0 Å². The van der Waals surface area contributed by atoms with Crippen molar-refractivity contribution in [3.05, 3.63) is 58.2 Å². The van der Waals surface area contributed by atoms with Crippen molar-refractivity contribution < 1.29 is 9.13 Å². The Labute approximate surface area is 176 Å². The number of aromatic nitrogens is 3. The average Bonchev–Trinajstić information content (AvgIpc) is 3.05. The van der Waals surface area contributed by atoms with Crippen LogP contribution in [-0.2, 0) is 4.74 Å². The van der Waals surface area contributed by atoms with E-state index in [9.17, 15) is 4.39 Å². The fourth-order valence-corrected chi connectivity index (χ4v) is 4.58. The van der Waals surface area contributed by atoms with Crippen molar-refractivity contribution in [3.8, 4) is 5.69 Å². The Morgan fingerprint density at radius 2 is 1.83 bits per heavy atom. The van der Waals surface area contributed by atoms with Gasteiger partial charge in [0.05, 0.1) is 24.4 Å². The lowest BCUT2D eigenvalue weighted by Crippen LogP contribution is -2.36. The first kappa shape index (κ1) is 18.5. The van der Waals surface area contributed by atoms with E-state index in [1.54, 1.807) is 6.07 Å². The van der Waals surface area contributed by atoms with Gasteiger partial charge in [0, 0.05) is 34.3 Å². The summed E-state index contributed by atoms with van der Waals surface area (Å²) in [4.78, 5) is 11.5. The first-order chi connectivity index (χ1) is 14.0. The molecule has 0 spiro atoms. The second kappa shape index (κ2) is 7.07. The first-order valence-corrected chi connectivity index (χ1v) is 10.4. The van der Waals surface area contributed by atoms with E-state index in [-0.39, 0.29) is 5.82 Å². The molecule has 148 valence electrons. The highest BCUT2D eigenvalue weighted by atomic mass is 79.9. The van der Waals surface area contributed by atoms with Crippen LogP contribution in [0, 0.1) is 19.7 Å². The standard InChI is InChI=1S/C22H20BrFN4O/c1-13-10-19(16-4-3-5-18(24)21(16)25-13)28-14(2)26-22-17(23)11-15(12-20(22)28)27-6-8-29-9-7-27/h3-5,10-12H,6-9H2,1-2H3. The van der Waals surface area contributed by atoms with Crippen LogP contribution in [0.1, 0.15) is 11.5 Å². The zero-order valence-electron chi connectivity index (χ0n) is 16.2. The molecule has 0 saturated carbocycles. The largest absolute Gasteiger partial charge is 0.378 e. The number of rotatable bonds is 2. The van der Waals surface area contributed by atoms with E-state index in [1.165, 1.54) is 6.07 Å². The molecule has 0 unspecified atom stereocenters. The van der Waals surface area contributed by atoms with Crippen LogP contribution >= 0.6 is 15.9 Å². The number of imidazole rings is 1. The molecule has 1 aliphatic rings. The number of halogens is 2. The fraction of sp³-hybridized carbons (Fsp3) is 0.273. The molecule has 1 aliphatic heterocycles. The molecule has 2 aromatic carbocycles. The first-order valence-electron chi connectivity index (χ1n) is 9.60. The van der Waals surface area contributed by atoms with Crippen LogP contribution in [-0.4, -0.2) is 40.8 Å². The monoisotopic (exact) mass is 454 g/mol. The van der Waals surface area contributed by atoms with Gasteiger partial charge in [0.25, 0.3) is 0 Å². The van der Waals surface area contributed by atoms with Crippen LogP contribution < -0.4 is 4.90 Å². The van der Waals surface area contributed by atoms with Crippen molar-refractivity contribution in [2.24, 2.45) is 0 Å². The Kier molecular flexibility index (Phi) is 4.52. The third-order valence-corrected chi connectivity index (χ3v) is 5.98. The van der Waals surface area contributed by atoms with Gasteiger partial charge in [-0.2, -0.15) is 0 Å². The van der Waals surface area contributed by atoms with Crippen LogP contribution in [0.3, 0.4) is 0 Å². The van der Waals surface area contributed by atoms with E-state index >= 15 is 0 Å². The average molecular weight is 455 g/mol. The Balaban J connectivity index is 1.80. The molecule has 0 bridgehead atoms. The molecule has 0 N–H and O–H groups in total. The summed E-state index contributed by atoms with van der Waals surface area (Å²) in [5, 5.41) is 0.769. The molecule has 5 nitrogen and oxygen atoms in total. The molecule has 2 aromatic heterocycles. The van der Waals surface area contributed by atoms with Crippen molar-refractivity contribution in [1.82, 2.24) is 14.5 Å². The zero-order chi connectivity index (χ0) is 20.1. The lowest BCUT2D eigenvalue weighted by atomic mass is 10.1. The van der Waals surface area contributed by atoms with Gasteiger partial charge in [-0.3, -0.25) is 4.57 Å². The Bertz CT molecular complexity index is 1250. The fourth-order valence-electron chi connectivity index (χ4n) is 4.05. The summed E-state index contributed by atoms with van der Waals surface area (Å²) in [6, 6.07) is 11.3. The number of anilines is 1. The summed E-state index contributed by atoms with van der Waals surface area (Å²) in [5.41, 5.74) is 5.02. The molecule has 3 heterocycles. The van der Waals surface area contributed by atoms with Gasteiger partial charge in [-0.25, -0.2) is 14.4 Å². The van der Waals surface area contributed by atoms with Crippen molar-refractivity contribution in [2.45, 2.75) is 13.8 Å². The maximum absolute atomic E-state index is 14.5. The number of pyridine rings is 1. The molecule has 1 fully saturated rings. The second-order valence-corrected chi connectivity index (χ2v) is 8.16. The zero-order valence-corrected chi connectivity index (χ0v) is 17.8. The van der Waals surface area contributed by atoms with Crippen LogP contribution in [0.15, 0.2) is 40.9 Å². The smallest absolute Gasteiger partial charge is 0.149 e. The quantitative estimate of drug-likeness (QED) is 0.430. The lowest BCUT2D eigenvalue weighted by molar-refractivity contribution is 0.122. The molecular formula is C22H20BrFN4O. The summed E-state index contributed by atoms with van der Waals surface area (Å²) < 4.78 is 23.0. The molecule has 0 atom stereocenters. The highest BCUT2D eigenvalue weighted by Crippen LogP contribution is 2.34. The molecule has 0 amide bonds. The van der Waals surface area contributed by atoms with Crippen LogP contribution in [0.4, 0.5) is 10.1 Å². The van der Waals surface area contributed by atoms with Crippen LogP contribution in [0.2, 0.25) is 0 Å². The minimum atomic E-state index is -0.315. The van der Waals surface area contributed by atoms with E-state index in [2.05, 4.69) is 42.5 Å². The van der Waals surface area contributed by atoms with Crippen molar-refractivity contribution in [3.63, 3.8) is 0 Å². The minimum Gasteiger partial charge on any atom is -0.378 e. The van der Waals surface area contributed by atoms with Gasteiger partial charge in [0.2, 0.25) is 0 Å². The highest BCUT2D eigenvalue weighted by molar-refractivity contribution is 9.10. The van der Waals surface area contributed by atoms with Gasteiger partial charge in [-0.15, -0.1) is 0 Å². The molecule has 0 aliphatic carbocycles. The van der Waals surface area contributed by atoms with E-state index in [1.807, 2.05) is 26.0 Å². The molecular weight excluding hydrogens is 435 g/mol. The Hall–Kier alpha value is -2.51. The van der Waals surface area contributed by atoms with E-state index in [0.717, 1.165) is 70.1 Å². The van der Waals surface area contributed by atoms with Gasteiger partial charge in [-0.1, -0.05) is 12.1 Å². The van der Waals surface area contributed by atoms with Gasteiger partial charge < -0.3 is 9.64 Å². The Morgan fingerprint density at radius 3 is 2.62 bits per heavy atom. The van der Waals surface area contributed by atoms with Crippen molar-refractivity contribution in [2.75, 3.05) is 31.2 Å². The summed E-state index contributed by atoms with van der Waals surface area (Å²) >= 11 is 3.70. The maximum Gasteiger partial charge on any atom is 0.149 e. The summed E-state index contributed by atoms with van der Waals surface area (Å²) in [5.74, 6) is 0.528. The number of benzene rings is 2. The predicted octanol–water partition coefficient (Wildman–Crippen LogP) is 4.93. The maximum atomic E-state index is 14.5. The van der Waals surface area contributed by atoms with Crippen LogP contribution in [0.5, 0.6) is 0 Å². The van der Waals surface area contributed by atoms with Gasteiger partial charge >= 0.3 is 0 Å².